The smallest absolute Gasteiger partial charge is 0.259 e. The molecule has 3 aromatic rings. The van der Waals surface area contributed by atoms with E-state index in [1.54, 1.807) is 23.1 Å². The highest BCUT2D eigenvalue weighted by Gasteiger charge is 2.19. The molecular formula is C17H21N5O2S3. The van der Waals surface area contributed by atoms with Gasteiger partial charge in [-0.05, 0) is 39.2 Å². The third kappa shape index (κ3) is 4.03. The van der Waals surface area contributed by atoms with E-state index >= 15 is 0 Å². The molecule has 10 heteroatoms. The number of hydrogen-bond donors (Lipinski definition) is 2. The van der Waals surface area contributed by atoms with E-state index < -0.39 is 0 Å². The minimum absolute atomic E-state index is 0.0243. The summed E-state index contributed by atoms with van der Waals surface area (Å²) in [7, 11) is 0. The molecule has 0 spiro atoms. The lowest BCUT2D eigenvalue weighted by molar-refractivity contribution is 0.120. The molecule has 1 saturated heterocycles. The van der Waals surface area contributed by atoms with Crippen LogP contribution in [-0.4, -0.2) is 39.4 Å². The highest BCUT2D eigenvalue weighted by molar-refractivity contribution is 8.01. The lowest BCUT2D eigenvalue weighted by Crippen LogP contribution is -2.18. The van der Waals surface area contributed by atoms with Crippen molar-refractivity contribution in [1.82, 2.24) is 20.2 Å². The van der Waals surface area contributed by atoms with Gasteiger partial charge in [-0.3, -0.25) is 4.79 Å². The quantitative estimate of drug-likeness (QED) is 0.581. The molecule has 0 aromatic carbocycles. The molecule has 1 aliphatic rings. The molecule has 1 fully saturated rings. The van der Waals surface area contributed by atoms with Crippen LogP contribution in [0.3, 0.4) is 0 Å². The summed E-state index contributed by atoms with van der Waals surface area (Å²) in [6.07, 6.45) is 2.48. The Kier molecular flexibility index (Phi) is 5.49. The van der Waals surface area contributed by atoms with Gasteiger partial charge in [0.05, 0.1) is 16.7 Å². The molecule has 0 saturated carbocycles. The van der Waals surface area contributed by atoms with Crippen molar-refractivity contribution in [3.05, 3.63) is 26.6 Å². The Bertz CT molecular complexity index is 1010. The molecule has 0 amide bonds. The number of aryl methyl sites for hydroxylation is 2. The van der Waals surface area contributed by atoms with Gasteiger partial charge < -0.3 is 15.0 Å². The Morgan fingerprint density at radius 2 is 2.22 bits per heavy atom. The number of aromatic amines is 1. The van der Waals surface area contributed by atoms with Gasteiger partial charge in [0.25, 0.3) is 5.56 Å². The average Bonchev–Trinajstić information content (AvgIpc) is 3.35. The first-order valence-electron chi connectivity index (χ1n) is 8.87. The van der Waals surface area contributed by atoms with Gasteiger partial charge in [-0.2, -0.15) is 0 Å². The second-order valence-corrected chi connectivity index (χ2v) is 10.3. The maximum absolute atomic E-state index is 12.5. The number of aromatic nitrogens is 4. The van der Waals surface area contributed by atoms with Crippen molar-refractivity contribution in [2.24, 2.45) is 0 Å². The van der Waals surface area contributed by atoms with Crippen LogP contribution in [0.4, 0.5) is 5.13 Å². The van der Waals surface area contributed by atoms with E-state index in [0.717, 1.165) is 50.7 Å². The number of thiophene rings is 1. The number of ether oxygens (including phenoxy) is 1. The largest absolute Gasteiger partial charge is 0.376 e. The molecule has 0 bridgehead atoms. The topological polar surface area (TPSA) is 92.8 Å². The standard InChI is InChI=1S/C17H21N5O2S3/c1-8-9(2)25-15-12(8)14(23)19-13(20-15)10(3)26-17-22-21-16(27-17)18-7-11-5-4-6-24-11/h10-11H,4-7H2,1-3H3,(H,18,21)(H,19,20,23)/t10-,11-/m1/s1. The minimum atomic E-state index is -0.0690. The number of anilines is 1. The predicted octanol–water partition coefficient (Wildman–Crippen LogP) is 3.90. The summed E-state index contributed by atoms with van der Waals surface area (Å²) in [4.78, 5) is 22.0. The van der Waals surface area contributed by atoms with E-state index in [0.29, 0.717) is 11.2 Å². The lowest BCUT2D eigenvalue weighted by Gasteiger charge is -2.09. The molecule has 1 aliphatic heterocycles. The van der Waals surface area contributed by atoms with Crippen LogP contribution in [0.15, 0.2) is 9.13 Å². The fourth-order valence-corrected chi connectivity index (χ4v) is 6.00. The van der Waals surface area contributed by atoms with E-state index in [1.165, 1.54) is 11.3 Å². The Labute approximate surface area is 169 Å². The van der Waals surface area contributed by atoms with E-state index in [9.17, 15) is 4.79 Å². The zero-order valence-electron chi connectivity index (χ0n) is 15.4. The summed E-state index contributed by atoms with van der Waals surface area (Å²) in [6.45, 7) is 7.61. The minimum Gasteiger partial charge on any atom is -0.376 e. The molecule has 0 aliphatic carbocycles. The fraction of sp³-hybridized carbons (Fsp3) is 0.529. The highest BCUT2D eigenvalue weighted by atomic mass is 32.2. The number of nitrogens with zero attached hydrogens (tertiary/aromatic N) is 3. The molecule has 4 heterocycles. The van der Waals surface area contributed by atoms with Crippen molar-refractivity contribution in [1.29, 1.82) is 0 Å². The molecule has 144 valence electrons. The number of fused-ring (bicyclic) bond motifs is 1. The van der Waals surface area contributed by atoms with Gasteiger partial charge in [-0.25, -0.2) is 4.98 Å². The molecule has 7 nitrogen and oxygen atoms in total. The van der Waals surface area contributed by atoms with Crippen LogP contribution in [-0.2, 0) is 4.74 Å². The Hall–Kier alpha value is -1.49. The van der Waals surface area contributed by atoms with Crippen LogP contribution in [0.2, 0.25) is 0 Å². The summed E-state index contributed by atoms with van der Waals surface area (Å²) in [6, 6.07) is 0. The molecule has 4 rings (SSSR count). The Morgan fingerprint density at radius 1 is 1.37 bits per heavy atom. The molecular weight excluding hydrogens is 402 g/mol. The van der Waals surface area contributed by atoms with E-state index in [-0.39, 0.29) is 16.9 Å². The summed E-state index contributed by atoms with van der Waals surface area (Å²) in [5.41, 5.74) is 0.946. The van der Waals surface area contributed by atoms with Gasteiger partial charge in [0.2, 0.25) is 5.13 Å². The number of rotatable bonds is 6. The van der Waals surface area contributed by atoms with Crippen LogP contribution in [0.1, 0.15) is 41.3 Å². The van der Waals surface area contributed by atoms with Crippen molar-refractivity contribution in [3.8, 4) is 0 Å². The zero-order chi connectivity index (χ0) is 19.0. The van der Waals surface area contributed by atoms with Gasteiger partial charge >= 0.3 is 0 Å². The van der Waals surface area contributed by atoms with Gasteiger partial charge in [-0.1, -0.05) is 23.1 Å². The van der Waals surface area contributed by atoms with Gasteiger partial charge in [0, 0.05) is 18.0 Å². The SMILES string of the molecule is Cc1sc2nc([C@@H](C)Sc3nnc(NC[C@H]4CCCO4)s3)[nH]c(=O)c2c1C. The second-order valence-electron chi connectivity index (χ2n) is 6.56. The van der Waals surface area contributed by atoms with Crippen LogP contribution >= 0.6 is 34.4 Å². The van der Waals surface area contributed by atoms with Crippen LogP contribution in [0.5, 0.6) is 0 Å². The van der Waals surface area contributed by atoms with Crippen LogP contribution in [0.25, 0.3) is 10.2 Å². The number of hydrogen-bond acceptors (Lipinski definition) is 9. The van der Waals surface area contributed by atoms with Crippen molar-refractivity contribution in [3.63, 3.8) is 0 Å². The first-order chi connectivity index (χ1) is 13.0. The van der Waals surface area contributed by atoms with Crippen molar-refractivity contribution < 1.29 is 4.74 Å². The molecule has 27 heavy (non-hydrogen) atoms. The number of H-pyrrole nitrogens is 1. The summed E-state index contributed by atoms with van der Waals surface area (Å²) in [5.74, 6) is 0.669. The van der Waals surface area contributed by atoms with E-state index in [4.69, 9.17) is 4.74 Å². The predicted molar refractivity (Wildman–Crippen MR) is 111 cm³/mol. The highest BCUT2D eigenvalue weighted by Crippen LogP contribution is 2.37. The lowest BCUT2D eigenvalue weighted by atomic mass is 10.2. The molecule has 2 atom stereocenters. The van der Waals surface area contributed by atoms with Crippen LogP contribution in [0, 0.1) is 13.8 Å². The maximum Gasteiger partial charge on any atom is 0.259 e. The molecule has 0 unspecified atom stereocenters. The average molecular weight is 424 g/mol. The third-order valence-electron chi connectivity index (χ3n) is 4.63. The number of nitrogens with one attached hydrogen (secondary N) is 2. The summed E-state index contributed by atoms with van der Waals surface area (Å²) < 4.78 is 6.45. The Morgan fingerprint density at radius 3 is 3.00 bits per heavy atom. The normalized spacial score (nSPS) is 18.3. The Balaban J connectivity index is 1.45. The molecule has 3 aromatic heterocycles. The first kappa shape index (κ1) is 18.9. The van der Waals surface area contributed by atoms with Crippen LogP contribution < -0.4 is 10.9 Å². The van der Waals surface area contributed by atoms with E-state index in [1.807, 2.05) is 20.8 Å². The van der Waals surface area contributed by atoms with Gasteiger partial charge in [0.15, 0.2) is 4.34 Å². The van der Waals surface area contributed by atoms with E-state index in [2.05, 4.69) is 25.5 Å². The number of thioether (sulfide) groups is 1. The zero-order valence-corrected chi connectivity index (χ0v) is 17.8. The van der Waals surface area contributed by atoms with Crippen molar-refractivity contribution in [2.45, 2.75) is 49.3 Å². The third-order valence-corrected chi connectivity index (χ3v) is 7.81. The molecule has 2 N–H and O–H groups in total. The van der Waals surface area contributed by atoms with Gasteiger partial charge in [-0.15, -0.1) is 21.5 Å². The summed E-state index contributed by atoms with van der Waals surface area (Å²) in [5, 5.41) is 13.2. The monoisotopic (exact) mass is 423 g/mol. The summed E-state index contributed by atoms with van der Waals surface area (Å²) >= 11 is 4.63. The van der Waals surface area contributed by atoms with Gasteiger partial charge in [0.1, 0.15) is 10.7 Å². The van der Waals surface area contributed by atoms with Crippen molar-refractivity contribution in [2.75, 3.05) is 18.5 Å². The first-order valence-corrected chi connectivity index (χ1v) is 11.4. The molecule has 0 radical (unpaired) electrons. The maximum atomic E-state index is 12.5. The fourth-order valence-electron chi connectivity index (χ4n) is 3.01. The van der Waals surface area contributed by atoms with Crippen molar-refractivity contribution >= 4 is 49.8 Å². The second kappa shape index (κ2) is 7.86.